The highest BCUT2D eigenvalue weighted by Crippen LogP contribution is 2.18. The molecule has 114 valence electrons. The Hall–Kier alpha value is -0.780. The van der Waals surface area contributed by atoms with Crippen LogP contribution in [-0.4, -0.2) is 34.0 Å². The number of hydrogen-bond acceptors (Lipinski definition) is 3. The number of hydrogen-bond donors (Lipinski definition) is 1. The Kier molecular flexibility index (Phi) is 6.33. The summed E-state index contributed by atoms with van der Waals surface area (Å²) in [4.78, 5) is 14.2. The summed E-state index contributed by atoms with van der Waals surface area (Å²) in [6.45, 7) is 4.01. The summed E-state index contributed by atoms with van der Waals surface area (Å²) in [5, 5.41) is 3.68. The lowest BCUT2D eigenvalue weighted by Crippen LogP contribution is -2.30. The number of carbonyl (C=O) groups is 1. The predicted molar refractivity (Wildman–Crippen MR) is 93.9 cm³/mol. The smallest absolute Gasteiger partial charge is 0.230 e. The van der Waals surface area contributed by atoms with Gasteiger partial charge in [0.25, 0.3) is 0 Å². The van der Waals surface area contributed by atoms with Crippen LogP contribution in [0.15, 0.2) is 24.3 Å². The maximum atomic E-state index is 12.0. The predicted octanol–water partition coefficient (Wildman–Crippen LogP) is 3.63. The minimum absolute atomic E-state index is 0.00370. The Morgan fingerprint density at radius 1 is 1.38 bits per heavy atom. The molecule has 21 heavy (non-hydrogen) atoms. The molecule has 0 radical (unpaired) electrons. The third kappa shape index (κ3) is 5.16. The zero-order valence-electron chi connectivity index (χ0n) is 12.0. The van der Waals surface area contributed by atoms with Crippen molar-refractivity contribution >= 4 is 45.8 Å². The summed E-state index contributed by atoms with van der Waals surface area (Å²) >= 11 is 12.7. The number of nitrogens with one attached hydrogen (secondary N) is 1. The Bertz CT molecular complexity index is 501. The second-order valence-corrected chi connectivity index (χ2v) is 7.14. The molecule has 1 heterocycles. The molecule has 1 fully saturated rings. The number of thioether (sulfide) groups is 1. The van der Waals surface area contributed by atoms with Crippen LogP contribution in [0.2, 0.25) is 5.02 Å². The maximum absolute atomic E-state index is 12.0. The zero-order chi connectivity index (χ0) is 15.2. The van der Waals surface area contributed by atoms with Gasteiger partial charge in [-0.3, -0.25) is 4.79 Å². The van der Waals surface area contributed by atoms with E-state index >= 15 is 0 Å². The van der Waals surface area contributed by atoms with Crippen LogP contribution in [0.3, 0.4) is 0 Å². The number of nitrogens with zero attached hydrogens (tertiary/aromatic N) is 1. The third-order valence-corrected chi connectivity index (χ3v) is 5.21. The lowest BCUT2D eigenvalue weighted by molar-refractivity contribution is -0.119. The highest BCUT2D eigenvalue weighted by Gasteiger charge is 2.17. The molecule has 0 bridgehead atoms. The molecule has 1 aliphatic heterocycles. The van der Waals surface area contributed by atoms with Crippen molar-refractivity contribution in [2.75, 3.05) is 18.8 Å². The van der Waals surface area contributed by atoms with Crippen LogP contribution in [0, 0.1) is 0 Å². The fourth-order valence-electron chi connectivity index (χ4n) is 2.24. The van der Waals surface area contributed by atoms with Crippen molar-refractivity contribution in [2.24, 2.45) is 0 Å². The van der Waals surface area contributed by atoms with E-state index in [9.17, 15) is 4.79 Å². The monoisotopic (exact) mass is 342 g/mol. The molecule has 0 spiro atoms. The van der Waals surface area contributed by atoms with E-state index in [-0.39, 0.29) is 11.9 Å². The molecule has 3 nitrogen and oxygen atoms in total. The Morgan fingerprint density at radius 2 is 2.00 bits per heavy atom. The standard InChI is InChI=1S/C15H19ClN2OS2/c1-11(12-4-6-13(16)7-5-12)17-14(19)10-21-15(20)18-8-2-3-9-18/h4-7,11H,2-3,8-10H2,1H3,(H,17,19)/t11-/m0/s1. The van der Waals surface area contributed by atoms with Gasteiger partial charge >= 0.3 is 0 Å². The average molecular weight is 343 g/mol. The van der Waals surface area contributed by atoms with Crippen LogP contribution in [0.4, 0.5) is 0 Å². The summed E-state index contributed by atoms with van der Waals surface area (Å²) in [7, 11) is 0. The SMILES string of the molecule is C[C@H](NC(=O)CSC(=S)N1CCCC1)c1ccc(Cl)cc1. The van der Waals surface area contributed by atoms with E-state index in [0.717, 1.165) is 23.0 Å². The number of likely N-dealkylation sites (tertiary alicyclic amines) is 1. The van der Waals surface area contributed by atoms with Crippen molar-refractivity contribution in [2.45, 2.75) is 25.8 Å². The first-order valence-corrected chi connectivity index (χ1v) is 8.80. The Morgan fingerprint density at radius 3 is 2.62 bits per heavy atom. The van der Waals surface area contributed by atoms with Crippen molar-refractivity contribution in [1.29, 1.82) is 0 Å². The van der Waals surface area contributed by atoms with Gasteiger partial charge in [-0.1, -0.05) is 47.7 Å². The molecule has 1 aliphatic rings. The molecule has 1 amide bonds. The van der Waals surface area contributed by atoms with Crippen LogP contribution < -0.4 is 5.32 Å². The van der Waals surface area contributed by atoms with Gasteiger partial charge in [-0.05, 0) is 37.5 Å². The van der Waals surface area contributed by atoms with Gasteiger partial charge in [0, 0.05) is 18.1 Å². The van der Waals surface area contributed by atoms with Crippen LogP contribution in [0.25, 0.3) is 0 Å². The number of rotatable bonds is 4. The average Bonchev–Trinajstić information content (AvgIpc) is 2.99. The fourth-order valence-corrected chi connectivity index (χ4v) is 3.42. The van der Waals surface area contributed by atoms with E-state index in [1.807, 2.05) is 31.2 Å². The molecule has 0 aromatic heterocycles. The van der Waals surface area contributed by atoms with E-state index in [0.29, 0.717) is 10.8 Å². The Labute approximate surface area is 140 Å². The van der Waals surface area contributed by atoms with Crippen molar-refractivity contribution in [3.8, 4) is 0 Å². The maximum Gasteiger partial charge on any atom is 0.230 e. The first-order valence-electron chi connectivity index (χ1n) is 7.03. The number of benzene rings is 1. The third-order valence-electron chi connectivity index (χ3n) is 3.44. The molecule has 1 atom stereocenters. The number of thiocarbonyl (C=S) groups is 1. The fraction of sp³-hybridized carbons (Fsp3) is 0.467. The number of halogens is 1. The van der Waals surface area contributed by atoms with E-state index in [1.54, 1.807) is 0 Å². The minimum Gasteiger partial charge on any atom is -0.358 e. The summed E-state index contributed by atoms with van der Waals surface area (Å²) in [5.41, 5.74) is 1.04. The van der Waals surface area contributed by atoms with Crippen LogP contribution in [-0.2, 0) is 4.79 Å². The van der Waals surface area contributed by atoms with Gasteiger partial charge in [0.1, 0.15) is 4.32 Å². The van der Waals surface area contributed by atoms with E-state index < -0.39 is 0 Å². The van der Waals surface area contributed by atoms with Crippen LogP contribution in [0.5, 0.6) is 0 Å². The van der Waals surface area contributed by atoms with Gasteiger partial charge in [-0.2, -0.15) is 0 Å². The zero-order valence-corrected chi connectivity index (χ0v) is 14.4. The second kappa shape index (κ2) is 8.01. The van der Waals surface area contributed by atoms with E-state index in [4.69, 9.17) is 23.8 Å². The molecule has 1 aromatic rings. The van der Waals surface area contributed by atoms with E-state index in [2.05, 4.69) is 10.2 Å². The summed E-state index contributed by atoms with van der Waals surface area (Å²) in [6.07, 6.45) is 2.39. The second-order valence-electron chi connectivity index (χ2n) is 5.09. The van der Waals surface area contributed by atoms with Gasteiger partial charge in [0.15, 0.2) is 0 Å². The van der Waals surface area contributed by atoms with Crippen LogP contribution in [0.1, 0.15) is 31.4 Å². The summed E-state index contributed by atoms with van der Waals surface area (Å²) in [5.74, 6) is 0.372. The first-order chi connectivity index (χ1) is 10.1. The Balaban J connectivity index is 1.75. The minimum atomic E-state index is -0.0317. The number of amides is 1. The van der Waals surface area contributed by atoms with Gasteiger partial charge in [0.05, 0.1) is 11.8 Å². The van der Waals surface area contributed by atoms with Crippen molar-refractivity contribution in [3.05, 3.63) is 34.9 Å². The van der Waals surface area contributed by atoms with Crippen molar-refractivity contribution in [1.82, 2.24) is 10.2 Å². The van der Waals surface area contributed by atoms with Gasteiger partial charge in [-0.15, -0.1) is 0 Å². The highest BCUT2D eigenvalue weighted by atomic mass is 35.5. The molecule has 0 unspecified atom stereocenters. The van der Waals surface area contributed by atoms with Crippen molar-refractivity contribution in [3.63, 3.8) is 0 Å². The first kappa shape index (κ1) is 16.6. The summed E-state index contributed by atoms with van der Waals surface area (Å²) < 4.78 is 0.835. The molecule has 1 saturated heterocycles. The summed E-state index contributed by atoms with van der Waals surface area (Å²) in [6, 6.07) is 7.48. The quantitative estimate of drug-likeness (QED) is 0.847. The van der Waals surface area contributed by atoms with E-state index in [1.165, 1.54) is 24.6 Å². The highest BCUT2D eigenvalue weighted by molar-refractivity contribution is 8.23. The topological polar surface area (TPSA) is 32.3 Å². The van der Waals surface area contributed by atoms with Crippen LogP contribution >= 0.6 is 35.6 Å². The number of carbonyl (C=O) groups excluding carboxylic acids is 1. The van der Waals surface area contributed by atoms with Gasteiger partial charge < -0.3 is 10.2 Å². The molecule has 2 rings (SSSR count). The van der Waals surface area contributed by atoms with Crippen molar-refractivity contribution < 1.29 is 4.79 Å². The molecule has 6 heteroatoms. The molecule has 1 N–H and O–H groups in total. The lowest BCUT2D eigenvalue weighted by atomic mass is 10.1. The molecule has 0 aliphatic carbocycles. The molecular weight excluding hydrogens is 324 g/mol. The molecule has 0 saturated carbocycles. The lowest BCUT2D eigenvalue weighted by Gasteiger charge is -2.18. The molecular formula is C15H19ClN2OS2. The van der Waals surface area contributed by atoms with Gasteiger partial charge in [-0.25, -0.2) is 0 Å². The normalized spacial score (nSPS) is 15.8. The van der Waals surface area contributed by atoms with Gasteiger partial charge in [0.2, 0.25) is 5.91 Å². The molecule has 1 aromatic carbocycles. The largest absolute Gasteiger partial charge is 0.358 e.